The third kappa shape index (κ3) is 5.09. The molecule has 0 aromatic rings. The van der Waals surface area contributed by atoms with E-state index in [-0.39, 0.29) is 0 Å². The number of rotatable bonds is 3. The van der Waals surface area contributed by atoms with Crippen LogP contribution in [0.15, 0.2) is 0 Å². The van der Waals surface area contributed by atoms with E-state index in [1.165, 1.54) is 19.0 Å². The van der Waals surface area contributed by atoms with Gasteiger partial charge in [0.05, 0.1) is 0 Å². The van der Waals surface area contributed by atoms with Crippen LogP contribution in [0.1, 0.15) is 19.8 Å². The zero-order valence-corrected chi connectivity index (χ0v) is 6.49. The molecule has 1 unspecified atom stereocenters. The number of hydrogen-bond donors (Lipinski definition) is 0. The molecule has 0 nitrogen and oxygen atoms in total. The van der Waals surface area contributed by atoms with E-state index in [0.29, 0.717) is 0 Å². The number of unbranched alkanes of at least 4 members (excludes halogenated alkanes) is 1. The molecular weight excluding hydrogens is 185 g/mol. The van der Waals surface area contributed by atoms with Crippen molar-refractivity contribution in [1.29, 1.82) is 0 Å². The molecule has 0 bridgehead atoms. The van der Waals surface area contributed by atoms with Crippen LogP contribution in [-0.4, -0.2) is 6.16 Å². The minimum atomic E-state index is 1.01. The van der Waals surface area contributed by atoms with Crippen LogP contribution in [0.3, 0.4) is 0 Å². The Labute approximate surface area is 51.8 Å². The summed E-state index contributed by atoms with van der Waals surface area (Å²) < 4.78 is 0. The van der Waals surface area contributed by atoms with Gasteiger partial charge in [-0.1, -0.05) is 0 Å². The Morgan fingerprint density at radius 3 is 2.50 bits per heavy atom. The summed E-state index contributed by atoms with van der Waals surface area (Å²) in [4.78, 5) is 0. The van der Waals surface area contributed by atoms with Crippen LogP contribution in [0.5, 0.6) is 0 Å². The molecule has 0 heterocycles. The van der Waals surface area contributed by atoms with E-state index in [4.69, 9.17) is 0 Å². The van der Waals surface area contributed by atoms with Gasteiger partial charge in [-0.2, -0.15) is 0 Å². The van der Waals surface area contributed by atoms with E-state index in [2.05, 4.69) is 25.6 Å². The summed E-state index contributed by atoms with van der Waals surface area (Å²) in [6.07, 6.45) is 4.10. The van der Waals surface area contributed by atoms with Crippen LogP contribution in [0, 0.1) is 0 Å². The van der Waals surface area contributed by atoms with Crippen molar-refractivity contribution < 1.29 is 18.7 Å². The van der Waals surface area contributed by atoms with Crippen LogP contribution < -0.4 is 0 Å². The summed E-state index contributed by atoms with van der Waals surface area (Å²) in [6, 6.07) is 0. The van der Waals surface area contributed by atoms with E-state index in [0.717, 1.165) is 6.77 Å². The Hall–Kier alpha value is 1.09. The summed E-state index contributed by atoms with van der Waals surface area (Å²) in [6.45, 7) is 3.23. The van der Waals surface area contributed by atoms with Gasteiger partial charge >= 0.3 is 51.4 Å². The Balaban J connectivity index is 2.34. The molecule has 0 saturated heterocycles. The predicted octanol–water partition coefficient (Wildman–Crippen LogP) is 1.93. The van der Waals surface area contributed by atoms with Gasteiger partial charge in [0.1, 0.15) is 0 Å². The molecule has 0 aliphatic heterocycles. The third-order valence-corrected chi connectivity index (χ3v) is 2.29. The van der Waals surface area contributed by atoms with Crippen molar-refractivity contribution in [2.24, 2.45) is 0 Å². The van der Waals surface area contributed by atoms with E-state index >= 15 is 0 Å². The van der Waals surface area contributed by atoms with E-state index in [9.17, 15) is 0 Å². The Morgan fingerprint density at radius 1 is 1.67 bits per heavy atom. The monoisotopic (exact) mass is 195 g/mol. The van der Waals surface area contributed by atoms with Gasteiger partial charge in [0.2, 0.25) is 0 Å². The fourth-order valence-corrected chi connectivity index (χ4v) is 1.52. The summed E-state index contributed by atoms with van der Waals surface area (Å²) in [5.74, 6) is 0. The number of hydrogen-bond acceptors (Lipinski definition) is 0. The SMILES string of the molecule is CCCC[PH][Pd]. The standard InChI is InChI=1S/C4H10P.Pd/c1-2-3-4-5;/h5H,2-4H2,1H3;/q-1;+1. The first-order chi connectivity index (χ1) is 2.91. The van der Waals surface area contributed by atoms with Crippen LogP contribution >= 0.6 is 6.77 Å². The molecule has 0 aromatic carbocycles. The molecule has 0 aliphatic rings. The average molecular weight is 196 g/mol. The molecule has 0 N–H and O–H groups in total. The van der Waals surface area contributed by atoms with Crippen LogP contribution in [0.4, 0.5) is 0 Å². The third-order valence-electron chi connectivity index (χ3n) is 0.609. The quantitative estimate of drug-likeness (QED) is 0.367. The van der Waals surface area contributed by atoms with Gasteiger partial charge in [-0.3, -0.25) is 0 Å². The topological polar surface area (TPSA) is 0 Å². The molecule has 1 atom stereocenters. The normalized spacial score (nSPS) is 11.2. The maximum absolute atomic E-state index is 3.15. The first kappa shape index (κ1) is 7.09. The molecule has 0 saturated carbocycles. The van der Waals surface area contributed by atoms with Gasteiger partial charge in [-0.25, -0.2) is 0 Å². The molecular formula is C4H10PPd. The van der Waals surface area contributed by atoms with E-state index in [1.54, 1.807) is 0 Å². The molecule has 0 spiro atoms. The zero-order chi connectivity index (χ0) is 4.83. The second-order valence-corrected chi connectivity index (χ2v) is 3.59. The van der Waals surface area contributed by atoms with Gasteiger partial charge in [-0.15, -0.1) is 0 Å². The predicted molar refractivity (Wildman–Crippen MR) is 28.1 cm³/mol. The van der Waals surface area contributed by atoms with Crippen LogP contribution in [0.25, 0.3) is 0 Å². The van der Waals surface area contributed by atoms with Gasteiger partial charge in [-0.05, 0) is 0 Å². The average Bonchev–Trinajstić information content (AvgIpc) is 1.61. The second kappa shape index (κ2) is 6.09. The van der Waals surface area contributed by atoms with Gasteiger partial charge < -0.3 is 0 Å². The summed E-state index contributed by atoms with van der Waals surface area (Å²) in [7, 11) is 0. The summed E-state index contributed by atoms with van der Waals surface area (Å²) in [5, 5.41) is 0. The van der Waals surface area contributed by atoms with Gasteiger partial charge in [0.25, 0.3) is 0 Å². The van der Waals surface area contributed by atoms with Crippen molar-refractivity contribution in [3.05, 3.63) is 0 Å². The van der Waals surface area contributed by atoms with Crippen molar-refractivity contribution in [3.63, 3.8) is 0 Å². The van der Waals surface area contributed by atoms with Crippen molar-refractivity contribution in [2.45, 2.75) is 19.8 Å². The van der Waals surface area contributed by atoms with Crippen molar-refractivity contribution in [1.82, 2.24) is 0 Å². The maximum atomic E-state index is 3.15. The molecule has 0 radical (unpaired) electrons. The summed E-state index contributed by atoms with van der Waals surface area (Å²) in [5.41, 5.74) is 0. The zero-order valence-electron chi connectivity index (χ0n) is 3.94. The van der Waals surface area contributed by atoms with Crippen LogP contribution in [0.2, 0.25) is 0 Å². The molecule has 0 fully saturated rings. The molecule has 0 amide bonds. The van der Waals surface area contributed by atoms with Crippen LogP contribution in [-0.2, 0) is 18.7 Å². The molecule has 41 valence electrons. The van der Waals surface area contributed by atoms with Crippen molar-refractivity contribution >= 4 is 6.77 Å². The fraction of sp³-hybridized carbons (Fsp3) is 1.00. The molecule has 0 aliphatic carbocycles. The van der Waals surface area contributed by atoms with E-state index in [1.807, 2.05) is 0 Å². The first-order valence-electron chi connectivity index (χ1n) is 2.22. The van der Waals surface area contributed by atoms with Gasteiger partial charge in [0.15, 0.2) is 0 Å². The first-order valence-corrected chi connectivity index (χ1v) is 5.57. The molecule has 0 rings (SSSR count). The minimum absolute atomic E-state index is 1.01. The second-order valence-electron chi connectivity index (χ2n) is 1.22. The Bertz CT molecular complexity index is 19.5. The molecule has 6 heavy (non-hydrogen) atoms. The van der Waals surface area contributed by atoms with Crippen molar-refractivity contribution in [3.8, 4) is 0 Å². The Kier molecular flexibility index (Phi) is 7.20. The molecule has 0 aromatic heterocycles. The van der Waals surface area contributed by atoms with Gasteiger partial charge in [0, 0.05) is 0 Å². The van der Waals surface area contributed by atoms with E-state index < -0.39 is 0 Å². The summed E-state index contributed by atoms with van der Waals surface area (Å²) >= 11 is 3.15. The Morgan fingerprint density at radius 2 is 2.33 bits per heavy atom. The molecule has 2 heteroatoms. The fourth-order valence-electron chi connectivity index (χ4n) is 0.233. The van der Waals surface area contributed by atoms with Crippen molar-refractivity contribution in [2.75, 3.05) is 6.16 Å².